The predicted molar refractivity (Wildman–Crippen MR) is 92.8 cm³/mol. The maximum Gasteiger partial charge on any atom is 0.408 e. The smallest absolute Gasteiger partial charge is 0.408 e. The fourth-order valence-electron chi connectivity index (χ4n) is 2.39. The third-order valence-corrected chi connectivity index (χ3v) is 3.43. The molecule has 2 aromatic carbocycles. The van der Waals surface area contributed by atoms with Gasteiger partial charge in [-0.1, -0.05) is 42.5 Å². The van der Waals surface area contributed by atoms with E-state index < -0.39 is 23.7 Å². The van der Waals surface area contributed by atoms with Crippen molar-refractivity contribution in [1.82, 2.24) is 5.32 Å². The van der Waals surface area contributed by atoms with Gasteiger partial charge in [-0.05, 0) is 37.1 Å². The molecule has 5 heteroatoms. The van der Waals surface area contributed by atoms with E-state index in [1.165, 1.54) is 7.11 Å². The molecule has 128 valence electrons. The van der Waals surface area contributed by atoms with E-state index in [4.69, 9.17) is 9.47 Å². The van der Waals surface area contributed by atoms with E-state index in [1.807, 2.05) is 42.5 Å². The number of carbonyl (C=O) groups excluding carboxylic acids is 2. The maximum absolute atomic E-state index is 12.0. The first-order chi connectivity index (χ1) is 11.3. The van der Waals surface area contributed by atoms with Gasteiger partial charge < -0.3 is 14.8 Å². The minimum absolute atomic E-state index is 0.330. The lowest BCUT2D eigenvalue weighted by Gasteiger charge is -2.22. The van der Waals surface area contributed by atoms with E-state index in [0.29, 0.717) is 6.42 Å². The highest BCUT2D eigenvalue weighted by atomic mass is 16.6. The molecule has 1 atom stereocenters. The van der Waals surface area contributed by atoms with Gasteiger partial charge in [0.1, 0.15) is 11.6 Å². The van der Waals surface area contributed by atoms with Crippen LogP contribution in [0.25, 0.3) is 10.8 Å². The van der Waals surface area contributed by atoms with Gasteiger partial charge in [0.05, 0.1) is 7.11 Å². The Morgan fingerprint density at radius 3 is 2.38 bits per heavy atom. The topological polar surface area (TPSA) is 64.6 Å². The highest BCUT2D eigenvalue weighted by Crippen LogP contribution is 2.17. The number of ether oxygens (including phenoxy) is 2. The van der Waals surface area contributed by atoms with Crippen LogP contribution in [0.3, 0.4) is 0 Å². The van der Waals surface area contributed by atoms with Gasteiger partial charge in [0.25, 0.3) is 0 Å². The summed E-state index contributed by atoms with van der Waals surface area (Å²) in [5, 5.41) is 4.79. The average molecular weight is 329 g/mol. The summed E-state index contributed by atoms with van der Waals surface area (Å²) in [6.07, 6.45) is -0.310. The van der Waals surface area contributed by atoms with Crippen LogP contribution >= 0.6 is 0 Å². The molecule has 5 nitrogen and oxygen atoms in total. The highest BCUT2D eigenvalue weighted by molar-refractivity contribution is 5.84. The Kier molecular flexibility index (Phi) is 5.44. The second kappa shape index (κ2) is 7.34. The second-order valence-corrected chi connectivity index (χ2v) is 6.61. The first-order valence-electron chi connectivity index (χ1n) is 7.83. The van der Waals surface area contributed by atoms with Crippen LogP contribution in [-0.4, -0.2) is 30.8 Å². The number of alkyl carbamates (subject to hydrolysis) is 1. The van der Waals surface area contributed by atoms with Crippen LogP contribution in [0.2, 0.25) is 0 Å². The lowest BCUT2D eigenvalue weighted by Crippen LogP contribution is -2.45. The minimum atomic E-state index is -0.800. The van der Waals surface area contributed by atoms with E-state index >= 15 is 0 Å². The molecule has 0 aliphatic rings. The number of benzene rings is 2. The second-order valence-electron chi connectivity index (χ2n) is 6.61. The number of hydrogen-bond donors (Lipinski definition) is 1. The minimum Gasteiger partial charge on any atom is -0.467 e. The molecule has 0 unspecified atom stereocenters. The normalized spacial score (nSPS) is 12.5. The zero-order valence-electron chi connectivity index (χ0n) is 14.5. The van der Waals surface area contributed by atoms with E-state index in [2.05, 4.69) is 5.32 Å². The molecule has 0 saturated carbocycles. The number of amides is 1. The Hall–Kier alpha value is -2.56. The van der Waals surface area contributed by atoms with Crippen molar-refractivity contribution in [2.45, 2.75) is 38.8 Å². The third-order valence-electron chi connectivity index (χ3n) is 3.43. The lowest BCUT2D eigenvalue weighted by atomic mass is 10.0. The lowest BCUT2D eigenvalue weighted by molar-refractivity contribution is -0.143. The molecular weight excluding hydrogens is 306 g/mol. The SMILES string of the molecule is COC(=O)[C@@H](Cc1ccc2ccccc2c1)NC(=O)OC(C)(C)C. The summed E-state index contributed by atoms with van der Waals surface area (Å²) in [6, 6.07) is 13.1. The van der Waals surface area contributed by atoms with Gasteiger partial charge in [0.15, 0.2) is 0 Å². The predicted octanol–water partition coefficient (Wildman–Crippen LogP) is 3.45. The molecular formula is C19H23NO4. The molecule has 2 rings (SSSR count). The summed E-state index contributed by atoms with van der Waals surface area (Å²) in [5.41, 5.74) is 0.299. The van der Waals surface area contributed by atoms with Crippen molar-refractivity contribution in [2.75, 3.05) is 7.11 Å². The Balaban J connectivity index is 2.15. The number of rotatable bonds is 4. The molecule has 0 saturated heterocycles. The van der Waals surface area contributed by atoms with Gasteiger partial charge >= 0.3 is 12.1 Å². The summed E-state index contributed by atoms with van der Waals surface area (Å²) in [7, 11) is 1.30. The van der Waals surface area contributed by atoms with Crippen molar-refractivity contribution < 1.29 is 19.1 Å². The van der Waals surface area contributed by atoms with Crippen LogP contribution in [0.1, 0.15) is 26.3 Å². The first-order valence-corrected chi connectivity index (χ1v) is 7.83. The standard InChI is InChI=1S/C19H23NO4/c1-19(2,3)24-18(22)20-16(17(21)23-4)12-13-9-10-14-7-5-6-8-15(14)11-13/h5-11,16H,12H2,1-4H3,(H,20,22)/t16-/m1/s1. The maximum atomic E-state index is 12.0. The zero-order valence-corrected chi connectivity index (χ0v) is 14.5. The van der Waals surface area contributed by atoms with E-state index in [-0.39, 0.29) is 0 Å². The van der Waals surface area contributed by atoms with Crippen molar-refractivity contribution in [3.63, 3.8) is 0 Å². The van der Waals surface area contributed by atoms with Crippen molar-refractivity contribution >= 4 is 22.8 Å². The van der Waals surface area contributed by atoms with Crippen LogP contribution in [0.5, 0.6) is 0 Å². The molecule has 0 radical (unpaired) electrons. The van der Waals surface area contributed by atoms with Crippen LogP contribution in [0.4, 0.5) is 4.79 Å². The largest absolute Gasteiger partial charge is 0.467 e. The number of fused-ring (bicyclic) bond motifs is 1. The fraction of sp³-hybridized carbons (Fsp3) is 0.368. The molecule has 0 heterocycles. The zero-order chi connectivity index (χ0) is 17.7. The first kappa shape index (κ1) is 17.8. The summed E-state index contributed by atoms with van der Waals surface area (Å²) in [4.78, 5) is 23.9. The Bertz CT molecular complexity index is 733. The number of carbonyl (C=O) groups is 2. The van der Waals surface area contributed by atoms with E-state index in [0.717, 1.165) is 16.3 Å². The summed E-state index contributed by atoms with van der Waals surface area (Å²) in [5.74, 6) is -0.506. The van der Waals surface area contributed by atoms with Gasteiger partial charge in [-0.2, -0.15) is 0 Å². The van der Waals surface area contributed by atoms with Crippen molar-refractivity contribution in [1.29, 1.82) is 0 Å². The number of methoxy groups -OCH3 is 1. The molecule has 24 heavy (non-hydrogen) atoms. The quantitative estimate of drug-likeness (QED) is 0.873. The van der Waals surface area contributed by atoms with Gasteiger partial charge in [-0.15, -0.1) is 0 Å². The average Bonchev–Trinajstić information content (AvgIpc) is 2.51. The summed E-state index contributed by atoms with van der Waals surface area (Å²) < 4.78 is 10.0. The van der Waals surface area contributed by atoms with Crippen LogP contribution < -0.4 is 5.32 Å². The highest BCUT2D eigenvalue weighted by Gasteiger charge is 2.25. The van der Waals surface area contributed by atoms with Gasteiger partial charge in [0, 0.05) is 6.42 Å². The molecule has 0 spiro atoms. The Morgan fingerprint density at radius 1 is 1.08 bits per heavy atom. The van der Waals surface area contributed by atoms with Crippen molar-refractivity contribution in [3.05, 3.63) is 48.0 Å². The monoisotopic (exact) mass is 329 g/mol. The van der Waals surface area contributed by atoms with Crippen LogP contribution in [0, 0.1) is 0 Å². The van der Waals surface area contributed by atoms with Crippen LogP contribution in [0.15, 0.2) is 42.5 Å². The molecule has 1 amide bonds. The number of hydrogen-bond acceptors (Lipinski definition) is 4. The number of esters is 1. The Labute approximate surface area is 141 Å². The molecule has 2 aromatic rings. The molecule has 0 aromatic heterocycles. The molecule has 0 bridgehead atoms. The fourth-order valence-corrected chi connectivity index (χ4v) is 2.39. The van der Waals surface area contributed by atoms with Gasteiger partial charge in [-0.3, -0.25) is 0 Å². The van der Waals surface area contributed by atoms with Gasteiger partial charge in [0.2, 0.25) is 0 Å². The molecule has 0 fully saturated rings. The Morgan fingerprint density at radius 2 is 1.75 bits per heavy atom. The van der Waals surface area contributed by atoms with Gasteiger partial charge in [-0.25, -0.2) is 9.59 Å². The number of nitrogens with one attached hydrogen (secondary N) is 1. The van der Waals surface area contributed by atoms with Crippen LogP contribution in [-0.2, 0) is 20.7 Å². The van der Waals surface area contributed by atoms with Crippen molar-refractivity contribution in [3.8, 4) is 0 Å². The summed E-state index contributed by atoms with van der Waals surface area (Å²) in [6.45, 7) is 5.30. The molecule has 0 aliphatic carbocycles. The van der Waals surface area contributed by atoms with Crippen molar-refractivity contribution in [2.24, 2.45) is 0 Å². The van der Waals surface area contributed by atoms with E-state index in [1.54, 1.807) is 20.8 Å². The third kappa shape index (κ3) is 4.98. The van der Waals surface area contributed by atoms with E-state index in [9.17, 15) is 9.59 Å². The summed E-state index contributed by atoms with van der Waals surface area (Å²) >= 11 is 0. The molecule has 1 N–H and O–H groups in total. The molecule has 0 aliphatic heterocycles.